The maximum atomic E-state index is 6.00. The molecule has 2 aromatic rings. The van der Waals surface area contributed by atoms with E-state index in [1.54, 1.807) is 36.4 Å². The first-order valence-electron chi connectivity index (χ1n) is 5.82. The number of rotatable bonds is 5. The largest absolute Gasteiger partial charge is 0.490 e. The summed E-state index contributed by atoms with van der Waals surface area (Å²) in [6.45, 7) is 0.671. The Bertz CT molecular complexity index is 564. The van der Waals surface area contributed by atoms with Gasteiger partial charge >= 0.3 is 0 Å². The van der Waals surface area contributed by atoms with E-state index in [0.717, 1.165) is 5.75 Å². The van der Waals surface area contributed by atoms with Gasteiger partial charge in [0.05, 0.1) is 10.0 Å². The molecule has 0 atom stereocenters. The van der Waals surface area contributed by atoms with Gasteiger partial charge in [0.1, 0.15) is 19.0 Å². The van der Waals surface area contributed by atoms with Crippen molar-refractivity contribution in [1.82, 2.24) is 0 Å². The highest BCUT2D eigenvalue weighted by Crippen LogP contribution is 2.35. The summed E-state index contributed by atoms with van der Waals surface area (Å²) in [4.78, 5) is 0. The molecule has 0 unspecified atom stereocenters. The summed E-state index contributed by atoms with van der Waals surface area (Å²) in [7, 11) is 0. The van der Waals surface area contributed by atoms with Gasteiger partial charge in [0.2, 0.25) is 0 Å². The van der Waals surface area contributed by atoms with Gasteiger partial charge in [-0.2, -0.15) is 0 Å². The van der Waals surface area contributed by atoms with Crippen molar-refractivity contribution in [2.24, 2.45) is 0 Å². The lowest BCUT2D eigenvalue weighted by atomic mass is 10.3. The first-order valence-corrected chi connectivity index (χ1v) is 6.95. The molecule has 20 heavy (non-hydrogen) atoms. The smallest absolute Gasteiger partial charge is 0.156 e. The van der Waals surface area contributed by atoms with Crippen molar-refractivity contribution in [1.29, 1.82) is 0 Å². The first-order chi connectivity index (χ1) is 9.56. The lowest BCUT2D eigenvalue weighted by Crippen LogP contribution is -2.09. The molecule has 0 bridgehead atoms. The van der Waals surface area contributed by atoms with Gasteiger partial charge in [0.15, 0.2) is 5.75 Å². The fourth-order valence-electron chi connectivity index (χ4n) is 1.53. The van der Waals surface area contributed by atoms with Crippen LogP contribution >= 0.6 is 34.8 Å². The summed E-state index contributed by atoms with van der Waals surface area (Å²) in [5, 5.41) is 1.20. The summed E-state index contributed by atoms with van der Waals surface area (Å²) in [6.07, 6.45) is 0. The average molecular weight is 333 g/mol. The minimum atomic E-state index is 0.311. The zero-order chi connectivity index (χ0) is 14.5. The zero-order valence-electron chi connectivity index (χ0n) is 10.4. The number of halogens is 3. The number of hydrogen-bond acceptors (Lipinski definition) is 3. The van der Waals surface area contributed by atoms with Gasteiger partial charge in [-0.05, 0) is 36.4 Å². The molecule has 106 valence electrons. The maximum Gasteiger partial charge on any atom is 0.156 e. The van der Waals surface area contributed by atoms with Crippen molar-refractivity contribution in [3.05, 3.63) is 51.5 Å². The highest BCUT2D eigenvalue weighted by atomic mass is 35.5. The topological polar surface area (TPSA) is 44.5 Å². The van der Waals surface area contributed by atoms with Crippen LogP contribution in [0.25, 0.3) is 0 Å². The number of nitrogens with two attached hydrogens (primary N) is 1. The van der Waals surface area contributed by atoms with Gasteiger partial charge in [0.25, 0.3) is 0 Å². The van der Waals surface area contributed by atoms with Gasteiger partial charge < -0.3 is 15.2 Å². The fraction of sp³-hybridized carbons (Fsp3) is 0.143. The second kappa shape index (κ2) is 6.93. The molecule has 0 aliphatic rings. The van der Waals surface area contributed by atoms with Crippen molar-refractivity contribution in [3.63, 3.8) is 0 Å². The molecule has 0 radical (unpaired) electrons. The normalized spacial score (nSPS) is 10.3. The average Bonchev–Trinajstić information content (AvgIpc) is 2.39. The number of hydrogen-bond donors (Lipinski definition) is 1. The molecule has 6 heteroatoms. The molecule has 2 N–H and O–H groups in total. The molecule has 0 aromatic heterocycles. The SMILES string of the molecule is Nc1ccc(OCCOc2c(Cl)cc(Cl)cc2Cl)cc1. The van der Waals surface area contributed by atoms with Gasteiger partial charge in [-0.25, -0.2) is 0 Å². The Balaban J connectivity index is 1.86. The van der Waals surface area contributed by atoms with Crippen LogP contribution in [0.1, 0.15) is 0 Å². The van der Waals surface area contributed by atoms with Crippen molar-refractivity contribution in [3.8, 4) is 11.5 Å². The van der Waals surface area contributed by atoms with E-state index < -0.39 is 0 Å². The van der Waals surface area contributed by atoms with E-state index in [-0.39, 0.29) is 0 Å². The molecule has 0 heterocycles. The van der Waals surface area contributed by atoms with Crippen LogP contribution in [-0.4, -0.2) is 13.2 Å². The summed E-state index contributed by atoms with van der Waals surface area (Å²) in [5.74, 6) is 1.12. The summed E-state index contributed by atoms with van der Waals surface area (Å²) < 4.78 is 11.0. The van der Waals surface area contributed by atoms with E-state index in [0.29, 0.717) is 39.7 Å². The van der Waals surface area contributed by atoms with Crippen LogP contribution in [-0.2, 0) is 0 Å². The lowest BCUT2D eigenvalue weighted by molar-refractivity contribution is 0.217. The standard InChI is InChI=1S/C14H12Cl3NO2/c15-9-7-12(16)14(13(17)8-9)20-6-5-19-11-3-1-10(18)2-4-11/h1-4,7-8H,5-6,18H2. The van der Waals surface area contributed by atoms with E-state index >= 15 is 0 Å². The molecule has 0 saturated heterocycles. The lowest BCUT2D eigenvalue weighted by Gasteiger charge is -2.11. The quantitative estimate of drug-likeness (QED) is 0.638. The third-order valence-corrected chi connectivity index (χ3v) is 3.22. The first kappa shape index (κ1) is 15.1. The van der Waals surface area contributed by atoms with Crippen LogP contribution in [0, 0.1) is 0 Å². The monoisotopic (exact) mass is 331 g/mol. The Morgan fingerprint density at radius 2 is 1.40 bits per heavy atom. The van der Waals surface area contributed by atoms with Crippen LogP contribution in [0.5, 0.6) is 11.5 Å². The van der Waals surface area contributed by atoms with Crippen LogP contribution in [0.15, 0.2) is 36.4 Å². The van der Waals surface area contributed by atoms with Gasteiger partial charge in [-0.1, -0.05) is 34.8 Å². The molecule has 0 aliphatic heterocycles. The number of benzene rings is 2. The Labute approximate surface area is 132 Å². The Hall–Kier alpha value is -1.29. The molecule has 2 aromatic carbocycles. The van der Waals surface area contributed by atoms with E-state index in [4.69, 9.17) is 50.0 Å². The second-order valence-electron chi connectivity index (χ2n) is 3.96. The van der Waals surface area contributed by atoms with Gasteiger partial charge in [-0.3, -0.25) is 0 Å². The minimum Gasteiger partial charge on any atom is -0.490 e. The highest BCUT2D eigenvalue weighted by Gasteiger charge is 2.09. The number of ether oxygens (including phenoxy) is 2. The van der Waals surface area contributed by atoms with E-state index in [1.165, 1.54) is 0 Å². The van der Waals surface area contributed by atoms with Crippen molar-refractivity contribution in [2.45, 2.75) is 0 Å². The van der Waals surface area contributed by atoms with Crippen LogP contribution in [0.2, 0.25) is 15.1 Å². The Morgan fingerprint density at radius 1 is 0.850 bits per heavy atom. The zero-order valence-corrected chi connectivity index (χ0v) is 12.7. The maximum absolute atomic E-state index is 6.00. The van der Waals surface area contributed by atoms with Crippen LogP contribution in [0.3, 0.4) is 0 Å². The number of anilines is 1. The van der Waals surface area contributed by atoms with Gasteiger partial charge in [-0.15, -0.1) is 0 Å². The van der Waals surface area contributed by atoms with Crippen LogP contribution < -0.4 is 15.2 Å². The summed E-state index contributed by atoms with van der Waals surface area (Å²) in [6, 6.07) is 10.3. The third kappa shape index (κ3) is 4.10. The molecule has 0 fully saturated rings. The molecular weight excluding hydrogens is 321 g/mol. The van der Waals surface area contributed by atoms with E-state index in [1.807, 2.05) is 0 Å². The predicted octanol–water partition coefficient (Wildman–Crippen LogP) is 4.69. The molecular formula is C14H12Cl3NO2. The Morgan fingerprint density at radius 3 is 2.00 bits per heavy atom. The van der Waals surface area contributed by atoms with E-state index in [9.17, 15) is 0 Å². The minimum absolute atomic E-state index is 0.311. The predicted molar refractivity (Wildman–Crippen MR) is 83.3 cm³/mol. The number of nitrogen functional groups attached to an aromatic ring is 1. The molecule has 0 saturated carbocycles. The van der Waals surface area contributed by atoms with Crippen LogP contribution in [0.4, 0.5) is 5.69 Å². The Kier molecular flexibility index (Phi) is 5.24. The highest BCUT2D eigenvalue weighted by molar-refractivity contribution is 6.40. The summed E-state index contributed by atoms with van der Waals surface area (Å²) >= 11 is 17.8. The van der Waals surface area contributed by atoms with Crippen molar-refractivity contribution in [2.75, 3.05) is 18.9 Å². The van der Waals surface area contributed by atoms with Crippen molar-refractivity contribution < 1.29 is 9.47 Å². The second-order valence-corrected chi connectivity index (χ2v) is 5.22. The van der Waals surface area contributed by atoms with Gasteiger partial charge in [0, 0.05) is 10.7 Å². The molecule has 3 nitrogen and oxygen atoms in total. The molecule has 2 rings (SSSR count). The summed E-state index contributed by atoms with van der Waals surface area (Å²) in [5.41, 5.74) is 6.27. The fourth-order valence-corrected chi connectivity index (χ4v) is 2.46. The molecule has 0 spiro atoms. The third-order valence-electron chi connectivity index (χ3n) is 2.44. The molecule has 0 aliphatic carbocycles. The van der Waals surface area contributed by atoms with Crippen molar-refractivity contribution >= 4 is 40.5 Å². The molecule has 0 amide bonds. The van der Waals surface area contributed by atoms with E-state index in [2.05, 4.69) is 0 Å².